The lowest BCUT2D eigenvalue weighted by Crippen LogP contribution is -2.21. The van der Waals surface area contributed by atoms with Crippen LogP contribution in [0.3, 0.4) is 0 Å². The van der Waals surface area contributed by atoms with Crippen LogP contribution in [0.25, 0.3) is 0 Å². The summed E-state index contributed by atoms with van der Waals surface area (Å²) < 4.78 is 16.4. The molecule has 2 N–H and O–H groups in total. The molecule has 0 saturated carbocycles. The van der Waals surface area contributed by atoms with E-state index < -0.39 is 0 Å². The Hall–Kier alpha value is -3.13. The molecule has 4 rings (SSSR count). The second-order valence-corrected chi connectivity index (χ2v) is 5.08. The second-order valence-electron chi connectivity index (χ2n) is 5.08. The van der Waals surface area contributed by atoms with Crippen LogP contribution in [-0.2, 0) is 0 Å². The predicted octanol–water partition coefficient (Wildman–Crippen LogP) is 2.63. The molecule has 22 heavy (non-hydrogen) atoms. The zero-order valence-corrected chi connectivity index (χ0v) is 11.6. The fourth-order valence-corrected chi connectivity index (χ4v) is 2.84. The first-order chi connectivity index (χ1) is 10.8. The number of hydrogen-bond acceptors (Lipinski definition) is 5. The largest absolute Gasteiger partial charge is 0.454 e. The Labute approximate surface area is 127 Å². The second kappa shape index (κ2) is 4.71. The van der Waals surface area contributed by atoms with E-state index in [1.165, 1.54) is 0 Å². The van der Waals surface area contributed by atoms with Gasteiger partial charge in [0.1, 0.15) is 17.4 Å². The van der Waals surface area contributed by atoms with Crippen LogP contribution in [0, 0.1) is 11.3 Å². The van der Waals surface area contributed by atoms with Gasteiger partial charge in [0.25, 0.3) is 0 Å². The first kappa shape index (κ1) is 12.6. The normalized spacial score (nSPS) is 18.4. The van der Waals surface area contributed by atoms with Crippen LogP contribution < -0.4 is 19.9 Å². The number of hydrogen-bond donors (Lipinski definition) is 1. The molecule has 2 aromatic rings. The third kappa shape index (κ3) is 1.78. The minimum atomic E-state index is -0.274. The number of rotatable bonds is 1. The maximum absolute atomic E-state index is 9.49. The lowest BCUT2D eigenvalue weighted by atomic mass is 9.83. The van der Waals surface area contributed by atoms with Crippen molar-refractivity contribution >= 4 is 0 Å². The molecule has 0 saturated heterocycles. The van der Waals surface area contributed by atoms with E-state index in [1.807, 2.05) is 36.4 Å². The zero-order valence-electron chi connectivity index (χ0n) is 11.6. The van der Waals surface area contributed by atoms with Crippen molar-refractivity contribution in [3.8, 4) is 23.3 Å². The molecule has 2 aliphatic heterocycles. The molecule has 0 fully saturated rings. The molecule has 5 heteroatoms. The van der Waals surface area contributed by atoms with Crippen LogP contribution in [-0.4, -0.2) is 6.79 Å². The van der Waals surface area contributed by atoms with Crippen molar-refractivity contribution in [2.75, 3.05) is 6.79 Å². The van der Waals surface area contributed by atoms with E-state index >= 15 is 0 Å². The SMILES string of the molecule is N#CC1=C(N)Oc2cc3c(cc2C1c1ccccc1)OCO3. The summed E-state index contributed by atoms with van der Waals surface area (Å²) in [5, 5.41) is 9.49. The number of allylic oxidation sites excluding steroid dienone is 1. The summed E-state index contributed by atoms with van der Waals surface area (Å²) in [6.45, 7) is 0.183. The highest BCUT2D eigenvalue weighted by atomic mass is 16.7. The minimum Gasteiger partial charge on any atom is -0.454 e. The van der Waals surface area contributed by atoms with Crippen molar-refractivity contribution in [2.24, 2.45) is 5.73 Å². The Bertz CT molecular complexity index is 822. The van der Waals surface area contributed by atoms with E-state index in [0.29, 0.717) is 22.8 Å². The summed E-state index contributed by atoms with van der Waals surface area (Å²) in [6.07, 6.45) is 0. The molecule has 0 aliphatic carbocycles. The van der Waals surface area contributed by atoms with E-state index in [-0.39, 0.29) is 18.6 Å². The maximum Gasteiger partial charge on any atom is 0.231 e. The lowest BCUT2D eigenvalue weighted by Gasteiger charge is -2.26. The van der Waals surface area contributed by atoms with Crippen LogP contribution >= 0.6 is 0 Å². The van der Waals surface area contributed by atoms with Gasteiger partial charge < -0.3 is 19.9 Å². The average Bonchev–Trinajstić information content (AvgIpc) is 2.99. The van der Waals surface area contributed by atoms with Gasteiger partial charge in [0, 0.05) is 11.6 Å². The third-order valence-electron chi connectivity index (χ3n) is 3.84. The molecule has 5 nitrogen and oxygen atoms in total. The first-order valence-electron chi connectivity index (χ1n) is 6.84. The predicted molar refractivity (Wildman–Crippen MR) is 78.3 cm³/mol. The third-order valence-corrected chi connectivity index (χ3v) is 3.84. The van der Waals surface area contributed by atoms with Crippen LogP contribution in [0.4, 0.5) is 0 Å². The van der Waals surface area contributed by atoms with Crippen molar-refractivity contribution < 1.29 is 14.2 Å². The van der Waals surface area contributed by atoms with E-state index in [1.54, 1.807) is 6.07 Å². The Kier molecular flexibility index (Phi) is 2.70. The van der Waals surface area contributed by atoms with Crippen molar-refractivity contribution in [1.29, 1.82) is 5.26 Å². The molecule has 0 aromatic heterocycles. The van der Waals surface area contributed by atoms with Gasteiger partial charge in [-0.3, -0.25) is 0 Å². The molecule has 1 unspecified atom stereocenters. The number of ether oxygens (including phenoxy) is 3. The number of fused-ring (bicyclic) bond motifs is 2. The van der Waals surface area contributed by atoms with Crippen molar-refractivity contribution in [3.63, 3.8) is 0 Å². The van der Waals surface area contributed by atoms with E-state index in [2.05, 4.69) is 6.07 Å². The molecule has 0 spiro atoms. The fourth-order valence-electron chi connectivity index (χ4n) is 2.84. The molecule has 2 aromatic carbocycles. The van der Waals surface area contributed by atoms with Gasteiger partial charge in [-0.2, -0.15) is 5.26 Å². The van der Waals surface area contributed by atoms with E-state index in [4.69, 9.17) is 19.9 Å². The van der Waals surface area contributed by atoms with Crippen LogP contribution in [0.5, 0.6) is 17.2 Å². The van der Waals surface area contributed by atoms with Gasteiger partial charge >= 0.3 is 0 Å². The van der Waals surface area contributed by atoms with Crippen LogP contribution in [0.1, 0.15) is 17.0 Å². The Morgan fingerprint density at radius 2 is 1.77 bits per heavy atom. The summed E-state index contributed by atoms with van der Waals surface area (Å²) >= 11 is 0. The monoisotopic (exact) mass is 292 g/mol. The highest BCUT2D eigenvalue weighted by molar-refractivity contribution is 5.61. The van der Waals surface area contributed by atoms with Crippen LogP contribution in [0.2, 0.25) is 0 Å². The molecule has 0 bridgehead atoms. The van der Waals surface area contributed by atoms with Crippen molar-refractivity contribution in [1.82, 2.24) is 0 Å². The average molecular weight is 292 g/mol. The molecule has 0 radical (unpaired) electrons. The van der Waals surface area contributed by atoms with E-state index in [0.717, 1.165) is 11.1 Å². The standard InChI is InChI=1S/C17H12N2O3/c18-8-12-16(10-4-2-1-3-5-10)11-6-14-15(21-9-20-14)7-13(11)22-17(12)19/h1-7,16H,9,19H2. The van der Waals surface area contributed by atoms with Gasteiger partial charge in [0.05, 0.1) is 5.92 Å². The summed E-state index contributed by atoms with van der Waals surface area (Å²) in [5.41, 5.74) is 8.17. The lowest BCUT2D eigenvalue weighted by molar-refractivity contribution is 0.174. The van der Waals surface area contributed by atoms with Gasteiger partial charge in [-0.25, -0.2) is 0 Å². The summed E-state index contributed by atoms with van der Waals surface area (Å²) in [5.74, 6) is 1.72. The van der Waals surface area contributed by atoms with Crippen LogP contribution in [0.15, 0.2) is 53.9 Å². The maximum atomic E-state index is 9.49. The minimum absolute atomic E-state index is 0.128. The zero-order chi connectivity index (χ0) is 15.1. The number of nitrogens with zero attached hydrogens (tertiary/aromatic N) is 1. The Morgan fingerprint density at radius 1 is 1.05 bits per heavy atom. The summed E-state index contributed by atoms with van der Waals surface area (Å²) in [6, 6.07) is 15.5. The number of nitrogens with two attached hydrogens (primary N) is 1. The Balaban J connectivity index is 1.94. The fraction of sp³-hybridized carbons (Fsp3) is 0.118. The topological polar surface area (TPSA) is 77.5 Å². The molecule has 108 valence electrons. The van der Waals surface area contributed by atoms with Crippen molar-refractivity contribution in [3.05, 3.63) is 65.0 Å². The Morgan fingerprint density at radius 3 is 2.50 bits per heavy atom. The van der Waals surface area contributed by atoms with Gasteiger partial charge in [-0.1, -0.05) is 30.3 Å². The van der Waals surface area contributed by atoms with Gasteiger partial charge in [-0.05, 0) is 11.6 Å². The smallest absolute Gasteiger partial charge is 0.231 e. The highest BCUT2D eigenvalue weighted by Gasteiger charge is 2.32. The van der Waals surface area contributed by atoms with E-state index in [9.17, 15) is 5.26 Å². The quantitative estimate of drug-likeness (QED) is 0.874. The molecule has 2 aliphatic rings. The first-order valence-corrected chi connectivity index (χ1v) is 6.84. The number of nitriles is 1. The highest BCUT2D eigenvalue weighted by Crippen LogP contribution is 2.47. The molecule has 2 heterocycles. The molecular formula is C17H12N2O3. The number of benzene rings is 2. The van der Waals surface area contributed by atoms with Gasteiger partial charge in [-0.15, -0.1) is 0 Å². The summed E-state index contributed by atoms with van der Waals surface area (Å²) in [4.78, 5) is 0. The molecule has 1 atom stereocenters. The molecule has 0 amide bonds. The van der Waals surface area contributed by atoms with Gasteiger partial charge in [0.15, 0.2) is 11.5 Å². The van der Waals surface area contributed by atoms with Gasteiger partial charge in [0.2, 0.25) is 12.7 Å². The molecular weight excluding hydrogens is 280 g/mol. The van der Waals surface area contributed by atoms with Crippen molar-refractivity contribution in [2.45, 2.75) is 5.92 Å². The summed E-state index contributed by atoms with van der Waals surface area (Å²) in [7, 11) is 0.